The SMILES string of the molecule is C1COCCN1.CC=C(C)C(N)=O. The first-order valence-electron chi connectivity index (χ1n) is 4.39. The van der Waals surface area contributed by atoms with Gasteiger partial charge in [0.25, 0.3) is 0 Å². The van der Waals surface area contributed by atoms with Crippen LogP contribution in [0.25, 0.3) is 0 Å². The standard InChI is InChI=1S/C5H9NO.C4H9NO/c1-3-4(2)5(6)7;1-3-6-4-2-5-1/h3H,1-2H3,(H2,6,7);5H,1-4H2. The Morgan fingerprint density at radius 3 is 2.08 bits per heavy atom. The van der Waals surface area contributed by atoms with Crippen LogP contribution >= 0.6 is 0 Å². The molecule has 0 aromatic carbocycles. The minimum Gasteiger partial charge on any atom is -0.379 e. The quantitative estimate of drug-likeness (QED) is 0.568. The van der Waals surface area contributed by atoms with Gasteiger partial charge < -0.3 is 15.8 Å². The van der Waals surface area contributed by atoms with Crippen LogP contribution in [0.4, 0.5) is 0 Å². The van der Waals surface area contributed by atoms with Crippen LogP contribution in [0.3, 0.4) is 0 Å². The highest BCUT2D eigenvalue weighted by Crippen LogP contribution is 1.85. The number of nitrogens with two attached hydrogens (primary N) is 1. The maximum absolute atomic E-state index is 10.1. The summed E-state index contributed by atoms with van der Waals surface area (Å²) in [6.45, 7) is 7.29. The van der Waals surface area contributed by atoms with E-state index in [1.807, 2.05) is 0 Å². The molecule has 3 N–H and O–H groups in total. The Morgan fingerprint density at radius 2 is 2.00 bits per heavy atom. The van der Waals surface area contributed by atoms with Gasteiger partial charge in [-0.05, 0) is 13.8 Å². The zero-order valence-corrected chi connectivity index (χ0v) is 8.30. The summed E-state index contributed by atoms with van der Waals surface area (Å²) in [6.07, 6.45) is 1.68. The molecule has 0 aliphatic carbocycles. The van der Waals surface area contributed by atoms with Gasteiger partial charge >= 0.3 is 0 Å². The monoisotopic (exact) mass is 186 g/mol. The number of carbonyl (C=O) groups excluding carboxylic acids is 1. The van der Waals surface area contributed by atoms with Crippen molar-refractivity contribution in [1.82, 2.24) is 5.32 Å². The summed E-state index contributed by atoms with van der Waals surface area (Å²) in [6, 6.07) is 0. The molecule has 4 nitrogen and oxygen atoms in total. The Kier molecular flexibility index (Phi) is 7.24. The molecule has 1 aliphatic heterocycles. The number of amides is 1. The molecule has 0 atom stereocenters. The highest BCUT2D eigenvalue weighted by molar-refractivity contribution is 5.91. The van der Waals surface area contributed by atoms with Crippen molar-refractivity contribution in [1.29, 1.82) is 0 Å². The van der Waals surface area contributed by atoms with E-state index >= 15 is 0 Å². The lowest BCUT2D eigenvalue weighted by Gasteiger charge is -2.10. The number of hydrogen-bond acceptors (Lipinski definition) is 3. The van der Waals surface area contributed by atoms with Crippen LogP contribution in [-0.4, -0.2) is 32.2 Å². The predicted molar refractivity (Wildman–Crippen MR) is 52.3 cm³/mol. The first-order valence-corrected chi connectivity index (χ1v) is 4.39. The predicted octanol–water partition coefficient (Wildman–Crippen LogP) is 0.0441. The Balaban J connectivity index is 0.000000223. The number of allylic oxidation sites excluding steroid dienone is 1. The van der Waals surface area contributed by atoms with Crippen LogP contribution < -0.4 is 11.1 Å². The number of primary amides is 1. The minimum absolute atomic E-state index is 0.345. The number of nitrogens with one attached hydrogen (secondary N) is 1. The second-order valence-corrected chi connectivity index (χ2v) is 2.70. The molecule has 1 fully saturated rings. The van der Waals surface area contributed by atoms with Gasteiger partial charge in [0.1, 0.15) is 0 Å². The minimum atomic E-state index is -0.345. The second kappa shape index (κ2) is 7.76. The van der Waals surface area contributed by atoms with Crippen LogP contribution in [0.1, 0.15) is 13.8 Å². The van der Waals surface area contributed by atoms with E-state index in [0.29, 0.717) is 5.57 Å². The zero-order chi connectivity index (χ0) is 10.1. The van der Waals surface area contributed by atoms with Gasteiger partial charge in [-0.2, -0.15) is 0 Å². The van der Waals surface area contributed by atoms with Crippen molar-refractivity contribution in [3.63, 3.8) is 0 Å². The molecule has 1 heterocycles. The molecule has 1 aliphatic rings. The summed E-state index contributed by atoms with van der Waals surface area (Å²) in [5, 5.41) is 3.16. The average molecular weight is 186 g/mol. The maximum atomic E-state index is 10.1. The van der Waals surface area contributed by atoms with E-state index in [0.717, 1.165) is 26.3 Å². The van der Waals surface area contributed by atoms with E-state index in [1.165, 1.54) is 0 Å². The fourth-order valence-electron chi connectivity index (χ4n) is 0.658. The molecule has 4 heteroatoms. The molecular formula is C9H18N2O2. The van der Waals surface area contributed by atoms with Gasteiger partial charge in [0, 0.05) is 18.7 Å². The topological polar surface area (TPSA) is 64.3 Å². The molecule has 1 saturated heterocycles. The molecule has 0 unspecified atom stereocenters. The molecule has 0 aromatic heterocycles. The molecule has 0 saturated carbocycles. The summed E-state index contributed by atoms with van der Waals surface area (Å²) < 4.78 is 5.01. The Bertz CT molecular complexity index is 163. The van der Waals surface area contributed by atoms with Crippen molar-refractivity contribution >= 4 is 5.91 Å². The number of morpholine rings is 1. The fraction of sp³-hybridized carbons (Fsp3) is 0.667. The maximum Gasteiger partial charge on any atom is 0.243 e. The third kappa shape index (κ3) is 7.49. The summed E-state index contributed by atoms with van der Waals surface area (Å²) in [7, 11) is 0. The van der Waals surface area contributed by atoms with E-state index in [4.69, 9.17) is 10.5 Å². The Hall–Kier alpha value is -0.870. The summed E-state index contributed by atoms with van der Waals surface area (Å²) in [5.41, 5.74) is 5.45. The third-order valence-corrected chi connectivity index (χ3v) is 1.67. The number of ether oxygens (including phenoxy) is 1. The van der Waals surface area contributed by atoms with Gasteiger partial charge in [-0.1, -0.05) is 6.08 Å². The van der Waals surface area contributed by atoms with Crippen molar-refractivity contribution < 1.29 is 9.53 Å². The van der Waals surface area contributed by atoms with Crippen molar-refractivity contribution in [2.24, 2.45) is 5.73 Å². The van der Waals surface area contributed by atoms with E-state index in [1.54, 1.807) is 19.9 Å². The smallest absolute Gasteiger partial charge is 0.243 e. The highest BCUT2D eigenvalue weighted by Gasteiger charge is 1.93. The first-order chi connectivity index (χ1) is 6.18. The zero-order valence-electron chi connectivity index (χ0n) is 8.30. The van der Waals surface area contributed by atoms with Crippen molar-refractivity contribution in [3.05, 3.63) is 11.6 Å². The molecule has 76 valence electrons. The van der Waals surface area contributed by atoms with Gasteiger partial charge in [-0.3, -0.25) is 4.79 Å². The van der Waals surface area contributed by atoms with Crippen molar-refractivity contribution in [3.8, 4) is 0 Å². The van der Waals surface area contributed by atoms with E-state index in [9.17, 15) is 4.79 Å². The Morgan fingerprint density at radius 1 is 1.46 bits per heavy atom. The molecule has 1 amide bonds. The van der Waals surface area contributed by atoms with Gasteiger partial charge in [0.15, 0.2) is 0 Å². The average Bonchev–Trinajstić information content (AvgIpc) is 2.20. The number of rotatable bonds is 1. The van der Waals surface area contributed by atoms with Crippen LogP contribution in [0.2, 0.25) is 0 Å². The molecule has 13 heavy (non-hydrogen) atoms. The van der Waals surface area contributed by atoms with Crippen LogP contribution in [-0.2, 0) is 9.53 Å². The number of hydrogen-bond donors (Lipinski definition) is 2. The molecule has 1 rings (SSSR count). The summed E-state index contributed by atoms with van der Waals surface area (Å²) in [4.78, 5) is 10.1. The molecule has 0 spiro atoms. The first kappa shape index (κ1) is 12.1. The molecule has 0 radical (unpaired) electrons. The molecule has 0 aromatic rings. The van der Waals surface area contributed by atoms with Gasteiger partial charge in [-0.25, -0.2) is 0 Å². The lowest BCUT2D eigenvalue weighted by molar-refractivity contribution is -0.114. The van der Waals surface area contributed by atoms with Gasteiger partial charge in [0.2, 0.25) is 5.91 Å². The largest absolute Gasteiger partial charge is 0.379 e. The van der Waals surface area contributed by atoms with Crippen molar-refractivity contribution in [2.75, 3.05) is 26.3 Å². The normalized spacial score (nSPS) is 17.2. The van der Waals surface area contributed by atoms with E-state index in [-0.39, 0.29) is 5.91 Å². The highest BCUT2D eigenvalue weighted by atomic mass is 16.5. The van der Waals surface area contributed by atoms with Crippen LogP contribution in [0, 0.1) is 0 Å². The van der Waals surface area contributed by atoms with Gasteiger partial charge in [0.05, 0.1) is 13.2 Å². The number of carbonyl (C=O) groups is 1. The van der Waals surface area contributed by atoms with Crippen LogP contribution in [0.5, 0.6) is 0 Å². The lowest BCUT2D eigenvalue weighted by Crippen LogP contribution is -2.30. The second-order valence-electron chi connectivity index (χ2n) is 2.70. The van der Waals surface area contributed by atoms with E-state index < -0.39 is 0 Å². The summed E-state index contributed by atoms with van der Waals surface area (Å²) >= 11 is 0. The fourth-order valence-corrected chi connectivity index (χ4v) is 0.658. The van der Waals surface area contributed by atoms with Crippen molar-refractivity contribution in [2.45, 2.75) is 13.8 Å². The molecular weight excluding hydrogens is 168 g/mol. The Labute approximate surface area is 79.1 Å². The molecule has 0 bridgehead atoms. The van der Waals surface area contributed by atoms with Crippen LogP contribution in [0.15, 0.2) is 11.6 Å². The van der Waals surface area contributed by atoms with Gasteiger partial charge in [-0.15, -0.1) is 0 Å². The van der Waals surface area contributed by atoms with E-state index in [2.05, 4.69) is 5.32 Å². The third-order valence-electron chi connectivity index (χ3n) is 1.67. The summed E-state index contributed by atoms with van der Waals surface area (Å²) in [5.74, 6) is -0.345. The lowest BCUT2D eigenvalue weighted by atomic mass is 10.3.